The number of benzene rings is 1. The summed E-state index contributed by atoms with van der Waals surface area (Å²) >= 11 is 0. The summed E-state index contributed by atoms with van der Waals surface area (Å²) in [5, 5.41) is 16.9. The first kappa shape index (κ1) is 20.4. The summed E-state index contributed by atoms with van der Waals surface area (Å²) in [6, 6.07) is 6.38. The van der Waals surface area contributed by atoms with E-state index < -0.39 is 15.4 Å². The van der Waals surface area contributed by atoms with Crippen molar-refractivity contribution in [2.24, 2.45) is 5.73 Å². The molecule has 0 aliphatic carbocycles. The molecule has 1 aliphatic heterocycles. The van der Waals surface area contributed by atoms with Crippen LogP contribution in [0.25, 0.3) is 10.9 Å². The summed E-state index contributed by atoms with van der Waals surface area (Å²) in [6.07, 6.45) is 4.18. The average Bonchev–Trinajstić information content (AvgIpc) is 3.08. The maximum absolute atomic E-state index is 11.9. The highest BCUT2D eigenvalue weighted by Crippen LogP contribution is 2.32. The number of anilines is 3. The first-order chi connectivity index (χ1) is 14.2. The standard InChI is InChI=1S/C19H24N6O4S/c1-30(27,28)13-4-2-3-12(9-13)23-16-15-14(10-21-17(15)26)24-18(25-16)22-11-19(20)5-7-29-8-6-19/h2-4,9-10,21,26H,5-8,11,20H2,1H3,(H2,22,23,24,25). The zero-order valence-electron chi connectivity index (χ0n) is 16.5. The fourth-order valence-corrected chi connectivity index (χ4v) is 4.01. The molecule has 10 nitrogen and oxygen atoms in total. The molecule has 0 amide bonds. The molecule has 0 bridgehead atoms. The molecule has 0 saturated carbocycles. The van der Waals surface area contributed by atoms with Crippen LogP contribution in [-0.2, 0) is 14.6 Å². The molecular weight excluding hydrogens is 408 g/mol. The van der Waals surface area contributed by atoms with Gasteiger partial charge in [0.15, 0.2) is 9.84 Å². The van der Waals surface area contributed by atoms with Gasteiger partial charge in [-0.05, 0) is 31.0 Å². The first-order valence-corrected chi connectivity index (χ1v) is 11.4. The van der Waals surface area contributed by atoms with Gasteiger partial charge in [0.1, 0.15) is 11.2 Å². The summed E-state index contributed by atoms with van der Waals surface area (Å²) in [7, 11) is -3.36. The van der Waals surface area contributed by atoms with Crippen molar-refractivity contribution in [3.63, 3.8) is 0 Å². The molecule has 1 fully saturated rings. The molecule has 1 saturated heterocycles. The summed E-state index contributed by atoms with van der Waals surface area (Å²) in [5.41, 5.74) is 7.04. The number of fused-ring (bicyclic) bond motifs is 1. The van der Waals surface area contributed by atoms with Crippen molar-refractivity contribution in [1.82, 2.24) is 15.0 Å². The number of sulfone groups is 1. The predicted octanol–water partition coefficient (Wildman–Crippen LogP) is 1.73. The van der Waals surface area contributed by atoms with Crippen LogP contribution in [0, 0.1) is 0 Å². The van der Waals surface area contributed by atoms with Crippen LogP contribution in [0.2, 0.25) is 0 Å². The van der Waals surface area contributed by atoms with Crippen molar-refractivity contribution in [3.8, 4) is 5.88 Å². The fraction of sp³-hybridized carbons (Fsp3) is 0.368. The molecule has 30 heavy (non-hydrogen) atoms. The Hall–Kier alpha value is -2.89. The summed E-state index contributed by atoms with van der Waals surface area (Å²) in [6.45, 7) is 1.71. The highest BCUT2D eigenvalue weighted by Gasteiger charge is 2.28. The van der Waals surface area contributed by atoms with E-state index in [1.807, 2.05) is 0 Å². The van der Waals surface area contributed by atoms with Gasteiger partial charge < -0.3 is 31.2 Å². The summed E-state index contributed by atoms with van der Waals surface area (Å²) in [5.74, 6) is 0.600. The van der Waals surface area contributed by atoms with Gasteiger partial charge in [-0.3, -0.25) is 0 Å². The van der Waals surface area contributed by atoms with Crippen LogP contribution in [0.3, 0.4) is 0 Å². The number of ether oxygens (including phenoxy) is 1. The summed E-state index contributed by atoms with van der Waals surface area (Å²) < 4.78 is 29.1. The quantitative estimate of drug-likeness (QED) is 0.391. The van der Waals surface area contributed by atoms with Crippen molar-refractivity contribution < 1.29 is 18.3 Å². The maximum atomic E-state index is 11.9. The van der Waals surface area contributed by atoms with Crippen molar-refractivity contribution in [2.45, 2.75) is 23.3 Å². The van der Waals surface area contributed by atoms with Gasteiger partial charge in [0, 0.05) is 43.4 Å². The van der Waals surface area contributed by atoms with Crippen molar-refractivity contribution in [2.75, 3.05) is 36.6 Å². The van der Waals surface area contributed by atoms with E-state index in [2.05, 4.69) is 25.6 Å². The number of H-pyrrole nitrogens is 1. The Morgan fingerprint density at radius 1 is 1.30 bits per heavy atom. The highest BCUT2D eigenvalue weighted by atomic mass is 32.2. The van der Waals surface area contributed by atoms with Gasteiger partial charge in [0.05, 0.1) is 10.4 Å². The Balaban J connectivity index is 1.64. The van der Waals surface area contributed by atoms with Gasteiger partial charge in [-0.1, -0.05) is 6.07 Å². The number of hydrogen-bond acceptors (Lipinski definition) is 9. The lowest BCUT2D eigenvalue weighted by Crippen LogP contribution is -2.50. The number of aromatic hydroxyl groups is 1. The Bertz CT molecular complexity index is 1170. The maximum Gasteiger partial charge on any atom is 0.225 e. The van der Waals surface area contributed by atoms with Crippen molar-refractivity contribution in [1.29, 1.82) is 0 Å². The molecule has 0 radical (unpaired) electrons. The van der Waals surface area contributed by atoms with Crippen LogP contribution >= 0.6 is 0 Å². The summed E-state index contributed by atoms with van der Waals surface area (Å²) in [4.78, 5) is 11.8. The van der Waals surface area contributed by atoms with Crippen molar-refractivity contribution >= 4 is 38.2 Å². The molecule has 6 N–H and O–H groups in total. The van der Waals surface area contributed by atoms with Gasteiger partial charge in [0.25, 0.3) is 0 Å². The minimum absolute atomic E-state index is 0.0851. The van der Waals surface area contributed by atoms with Gasteiger partial charge in [-0.25, -0.2) is 13.4 Å². The van der Waals surface area contributed by atoms with Crippen molar-refractivity contribution in [3.05, 3.63) is 30.5 Å². The van der Waals surface area contributed by atoms with Crippen LogP contribution < -0.4 is 16.4 Å². The van der Waals surface area contributed by atoms with E-state index in [9.17, 15) is 13.5 Å². The average molecular weight is 433 g/mol. The highest BCUT2D eigenvalue weighted by molar-refractivity contribution is 7.90. The SMILES string of the molecule is CS(=O)(=O)c1cccc(Nc2nc(NCC3(N)CCOCC3)nc3c[nH]c(O)c23)c1. The third-order valence-electron chi connectivity index (χ3n) is 5.13. The number of hydrogen-bond donors (Lipinski definition) is 5. The normalized spacial score (nSPS) is 16.5. The van der Waals surface area contributed by atoms with E-state index in [-0.39, 0.29) is 10.8 Å². The van der Waals surface area contributed by atoms with E-state index in [1.54, 1.807) is 18.3 Å². The second kappa shape index (κ2) is 7.74. The molecule has 3 aromatic rings. The van der Waals surface area contributed by atoms with Crippen LogP contribution in [0.5, 0.6) is 5.88 Å². The Morgan fingerprint density at radius 2 is 2.07 bits per heavy atom. The van der Waals surface area contributed by atoms with E-state index in [0.717, 1.165) is 19.1 Å². The molecule has 0 unspecified atom stereocenters. The van der Waals surface area contributed by atoms with Crippen LogP contribution in [0.15, 0.2) is 35.4 Å². The number of rotatable bonds is 6. The zero-order chi connectivity index (χ0) is 21.4. The molecule has 4 rings (SSSR count). The first-order valence-electron chi connectivity index (χ1n) is 9.49. The molecule has 1 aliphatic rings. The van der Waals surface area contributed by atoms with Gasteiger partial charge in [-0.15, -0.1) is 0 Å². The van der Waals surface area contributed by atoms with E-state index in [0.29, 0.717) is 48.1 Å². The number of nitrogens with zero attached hydrogens (tertiary/aromatic N) is 2. The third kappa shape index (κ3) is 4.32. The monoisotopic (exact) mass is 432 g/mol. The van der Waals surface area contributed by atoms with Gasteiger partial charge in [-0.2, -0.15) is 4.98 Å². The number of nitrogens with one attached hydrogen (secondary N) is 3. The molecule has 1 aromatic carbocycles. The Morgan fingerprint density at radius 3 is 2.80 bits per heavy atom. The number of nitrogens with two attached hydrogens (primary N) is 1. The molecule has 0 atom stereocenters. The Kier molecular flexibility index (Phi) is 5.26. The molecule has 11 heteroatoms. The molecule has 0 spiro atoms. The van der Waals surface area contributed by atoms with Crippen LogP contribution in [0.1, 0.15) is 12.8 Å². The molecule has 160 valence electrons. The Labute approximate surface area is 173 Å². The lowest BCUT2D eigenvalue weighted by Gasteiger charge is -2.33. The van der Waals surface area contributed by atoms with Gasteiger partial charge in [0.2, 0.25) is 11.8 Å². The third-order valence-corrected chi connectivity index (χ3v) is 6.24. The second-order valence-electron chi connectivity index (χ2n) is 7.55. The molecule has 3 heterocycles. The zero-order valence-corrected chi connectivity index (χ0v) is 17.3. The second-order valence-corrected chi connectivity index (χ2v) is 9.56. The largest absolute Gasteiger partial charge is 0.494 e. The topological polar surface area (TPSA) is 155 Å². The molecular formula is C19H24N6O4S. The number of aromatic amines is 1. The van der Waals surface area contributed by atoms with E-state index in [4.69, 9.17) is 10.5 Å². The minimum Gasteiger partial charge on any atom is -0.494 e. The lowest BCUT2D eigenvalue weighted by molar-refractivity contribution is 0.0574. The number of aromatic nitrogens is 3. The molecule has 2 aromatic heterocycles. The lowest BCUT2D eigenvalue weighted by atomic mass is 9.91. The fourth-order valence-electron chi connectivity index (χ4n) is 3.35. The van der Waals surface area contributed by atoms with Crippen LogP contribution in [0.4, 0.5) is 17.5 Å². The van der Waals surface area contributed by atoms with Crippen LogP contribution in [-0.4, -0.2) is 60.0 Å². The van der Waals surface area contributed by atoms with E-state index in [1.165, 1.54) is 12.1 Å². The minimum atomic E-state index is -3.36. The predicted molar refractivity (Wildman–Crippen MR) is 114 cm³/mol. The van der Waals surface area contributed by atoms with E-state index >= 15 is 0 Å². The van der Waals surface area contributed by atoms with Gasteiger partial charge >= 0.3 is 0 Å². The smallest absolute Gasteiger partial charge is 0.225 e.